The van der Waals surface area contributed by atoms with Gasteiger partial charge in [-0.15, -0.1) is 0 Å². The average Bonchev–Trinajstić information content (AvgIpc) is 2.48. The molecule has 0 saturated carbocycles. The Morgan fingerprint density at radius 2 is 2.05 bits per heavy atom. The van der Waals surface area contributed by atoms with Crippen LogP contribution < -0.4 is 5.32 Å². The summed E-state index contributed by atoms with van der Waals surface area (Å²) >= 11 is 0. The minimum atomic E-state index is -0.0740. The zero-order valence-electron chi connectivity index (χ0n) is 10.7. The number of benzene rings is 1. The van der Waals surface area contributed by atoms with Crippen molar-refractivity contribution in [2.24, 2.45) is 0 Å². The first-order valence-corrected chi connectivity index (χ1v) is 6.55. The molecule has 1 N–H and O–H groups in total. The second-order valence-electron chi connectivity index (χ2n) is 4.91. The molecule has 2 heterocycles. The van der Waals surface area contributed by atoms with Crippen LogP contribution in [0.3, 0.4) is 0 Å². The summed E-state index contributed by atoms with van der Waals surface area (Å²) in [4.78, 5) is 16.3. The molecule has 1 atom stereocenters. The monoisotopic (exact) mass is 252 g/mol. The molecule has 19 heavy (non-hydrogen) atoms. The Labute approximate surface area is 112 Å². The average molecular weight is 252 g/mol. The maximum atomic E-state index is 12.3. The van der Waals surface area contributed by atoms with Gasteiger partial charge >= 0.3 is 0 Å². The molecule has 3 rings (SSSR count). The summed E-state index contributed by atoms with van der Waals surface area (Å²) in [5.41, 5.74) is 3.56. The molecule has 96 valence electrons. The lowest BCUT2D eigenvalue weighted by molar-refractivity contribution is -0.120. The molecule has 0 aliphatic carbocycles. The van der Waals surface area contributed by atoms with Crippen molar-refractivity contribution in [3.63, 3.8) is 0 Å². The van der Waals surface area contributed by atoms with E-state index in [9.17, 15) is 4.79 Å². The molecule has 1 aromatic carbocycles. The Morgan fingerprint density at radius 3 is 2.84 bits per heavy atom. The van der Waals surface area contributed by atoms with Gasteiger partial charge in [-0.1, -0.05) is 30.3 Å². The molecular formula is C16H16N2O. The highest BCUT2D eigenvalue weighted by Crippen LogP contribution is 2.17. The van der Waals surface area contributed by atoms with Crippen molar-refractivity contribution in [2.75, 3.05) is 0 Å². The molecule has 0 saturated heterocycles. The van der Waals surface area contributed by atoms with Gasteiger partial charge in [0.1, 0.15) is 0 Å². The van der Waals surface area contributed by atoms with Crippen LogP contribution in [-0.4, -0.2) is 16.8 Å². The van der Waals surface area contributed by atoms with Crippen LogP contribution in [0.2, 0.25) is 0 Å². The lowest BCUT2D eigenvalue weighted by Crippen LogP contribution is -2.42. The van der Waals surface area contributed by atoms with E-state index in [-0.39, 0.29) is 11.8 Å². The predicted molar refractivity (Wildman–Crippen MR) is 73.7 cm³/mol. The summed E-state index contributed by atoms with van der Waals surface area (Å²) in [5.74, 6) is 0.238. The zero-order valence-corrected chi connectivity index (χ0v) is 10.7. The third-order valence-corrected chi connectivity index (χ3v) is 3.57. The SMILES string of the molecule is O=C(Cc1cccnc1)C1Cc2ccccc2CN1. The third kappa shape index (κ3) is 2.71. The van der Waals surface area contributed by atoms with Crippen molar-refractivity contribution in [3.05, 3.63) is 65.5 Å². The molecule has 2 aromatic rings. The van der Waals surface area contributed by atoms with Crippen LogP contribution in [0.4, 0.5) is 0 Å². The van der Waals surface area contributed by atoms with Crippen molar-refractivity contribution < 1.29 is 4.79 Å². The zero-order chi connectivity index (χ0) is 13.1. The van der Waals surface area contributed by atoms with Crippen molar-refractivity contribution in [2.45, 2.75) is 25.4 Å². The van der Waals surface area contributed by atoms with E-state index in [0.29, 0.717) is 6.42 Å². The van der Waals surface area contributed by atoms with Crippen LogP contribution in [-0.2, 0) is 24.2 Å². The van der Waals surface area contributed by atoms with Crippen LogP contribution in [0.15, 0.2) is 48.8 Å². The van der Waals surface area contributed by atoms with Crippen molar-refractivity contribution >= 4 is 5.78 Å². The van der Waals surface area contributed by atoms with Crippen LogP contribution in [0.25, 0.3) is 0 Å². The fourth-order valence-electron chi connectivity index (χ4n) is 2.51. The molecule has 1 unspecified atom stereocenters. The van der Waals surface area contributed by atoms with Crippen LogP contribution in [0.5, 0.6) is 0 Å². The normalized spacial score (nSPS) is 17.8. The molecule has 0 fully saturated rings. The highest BCUT2D eigenvalue weighted by Gasteiger charge is 2.23. The van der Waals surface area contributed by atoms with Gasteiger partial charge < -0.3 is 5.32 Å². The Hall–Kier alpha value is -2.00. The number of carbonyl (C=O) groups excluding carboxylic acids is 1. The molecule has 3 nitrogen and oxygen atoms in total. The van der Waals surface area contributed by atoms with Crippen LogP contribution >= 0.6 is 0 Å². The fourth-order valence-corrected chi connectivity index (χ4v) is 2.51. The minimum absolute atomic E-state index is 0.0740. The Kier molecular flexibility index (Phi) is 3.38. The number of carbonyl (C=O) groups is 1. The summed E-state index contributed by atoms with van der Waals surface area (Å²) in [6, 6.07) is 12.0. The van der Waals surface area contributed by atoms with Gasteiger partial charge in [0.25, 0.3) is 0 Å². The number of pyridine rings is 1. The van der Waals surface area contributed by atoms with Gasteiger partial charge in [-0.3, -0.25) is 9.78 Å². The van der Waals surface area contributed by atoms with E-state index in [0.717, 1.165) is 18.5 Å². The molecule has 0 bridgehead atoms. The topological polar surface area (TPSA) is 42.0 Å². The van der Waals surface area contributed by atoms with E-state index in [2.05, 4.69) is 22.4 Å². The second-order valence-corrected chi connectivity index (χ2v) is 4.91. The highest BCUT2D eigenvalue weighted by atomic mass is 16.1. The quantitative estimate of drug-likeness (QED) is 0.907. The van der Waals surface area contributed by atoms with Crippen LogP contribution in [0.1, 0.15) is 16.7 Å². The molecule has 1 aliphatic heterocycles. The minimum Gasteiger partial charge on any atom is -0.303 e. The molecule has 1 aromatic heterocycles. The summed E-state index contributed by atoms with van der Waals surface area (Å²) in [7, 11) is 0. The number of nitrogens with one attached hydrogen (secondary N) is 1. The molecule has 1 aliphatic rings. The number of ketones is 1. The van der Waals surface area contributed by atoms with Gasteiger partial charge in [0.05, 0.1) is 6.04 Å². The Bertz CT molecular complexity index is 580. The number of nitrogens with zero attached hydrogens (tertiary/aromatic N) is 1. The van der Waals surface area contributed by atoms with Gasteiger partial charge in [-0.2, -0.15) is 0 Å². The lowest BCUT2D eigenvalue weighted by atomic mass is 9.92. The van der Waals surface area contributed by atoms with E-state index in [1.807, 2.05) is 24.3 Å². The van der Waals surface area contributed by atoms with E-state index in [1.165, 1.54) is 11.1 Å². The maximum Gasteiger partial charge on any atom is 0.154 e. The summed E-state index contributed by atoms with van der Waals surface area (Å²) in [5, 5.41) is 3.33. The Balaban J connectivity index is 1.70. The summed E-state index contributed by atoms with van der Waals surface area (Å²) in [6.07, 6.45) is 4.72. The first-order chi connectivity index (χ1) is 9.33. The number of rotatable bonds is 3. The van der Waals surface area contributed by atoms with E-state index < -0.39 is 0 Å². The standard InChI is InChI=1S/C16H16N2O/c19-16(8-12-4-3-7-17-10-12)15-9-13-5-1-2-6-14(13)11-18-15/h1-7,10,15,18H,8-9,11H2. The number of hydrogen-bond donors (Lipinski definition) is 1. The van der Waals surface area contributed by atoms with Crippen molar-refractivity contribution in [1.82, 2.24) is 10.3 Å². The fraction of sp³-hybridized carbons (Fsp3) is 0.250. The van der Waals surface area contributed by atoms with Crippen molar-refractivity contribution in [3.8, 4) is 0 Å². The largest absolute Gasteiger partial charge is 0.303 e. The smallest absolute Gasteiger partial charge is 0.154 e. The van der Waals surface area contributed by atoms with Gasteiger partial charge in [0.15, 0.2) is 5.78 Å². The molecule has 3 heteroatoms. The number of hydrogen-bond acceptors (Lipinski definition) is 3. The predicted octanol–water partition coefficient (Wildman–Crippen LogP) is 1.91. The molecule has 0 radical (unpaired) electrons. The third-order valence-electron chi connectivity index (χ3n) is 3.57. The van der Waals surface area contributed by atoms with Gasteiger partial charge in [0.2, 0.25) is 0 Å². The van der Waals surface area contributed by atoms with E-state index in [1.54, 1.807) is 12.4 Å². The first-order valence-electron chi connectivity index (χ1n) is 6.55. The summed E-state index contributed by atoms with van der Waals surface area (Å²) in [6.45, 7) is 0.777. The number of Topliss-reactive ketones (excluding diaryl/α,β-unsaturated/α-hetero) is 1. The first kappa shape index (κ1) is 12.1. The van der Waals surface area contributed by atoms with Gasteiger partial charge in [0, 0.05) is 25.4 Å². The van der Waals surface area contributed by atoms with E-state index in [4.69, 9.17) is 0 Å². The molecule has 0 spiro atoms. The second kappa shape index (κ2) is 5.33. The van der Waals surface area contributed by atoms with Gasteiger partial charge in [-0.05, 0) is 29.2 Å². The summed E-state index contributed by atoms with van der Waals surface area (Å²) < 4.78 is 0. The number of fused-ring (bicyclic) bond motifs is 1. The number of aromatic nitrogens is 1. The highest BCUT2D eigenvalue weighted by molar-refractivity contribution is 5.86. The maximum absolute atomic E-state index is 12.3. The Morgan fingerprint density at radius 1 is 1.21 bits per heavy atom. The van der Waals surface area contributed by atoms with Crippen molar-refractivity contribution in [1.29, 1.82) is 0 Å². The lowest BCUT2D eigenvalue weighted by Gasteiger charge is -2.25. The molecular weight excluding hydrogens is 236 g/mol. The molecule has 0 amide bonds. The van der Waals surface area contributed by atoms with E-state index >= 15 is 0 Å². The van der Waals surface area contributed by atoms with Crippen LogP contribution in [0, 0.1) is 0 Å². The van der Waals surface area contributed by atoms with Gasteiger partial charge in [-0.25, -0.2) is 0 Å².